The highest BCUT2D eigenvalue weighted by molar-refractivity contribution is 7.16. The second-order valence-corrected chi connectivity index (χ2v) is 6.21. The Labute approximate surface area is 135 Å². The van der Waals surface area contributed by atoms with E-state index in [-0.39, 0.29) is 17.3 Å². The molecule has 0 spiro atoms. The van der Waals surface area contributed by atoms with Crippen LogP contribution in [0.1, 0.15) is 5.56 Å². The Morgan fingerprint density at radius 3 is 3.00 bits per heavy atom. The van der Waals surface area contributed by atoms with Gasteiger partial charge in [-0.05, 0) is 36.8 Å². The highest BCUT2D eigenvalue weighted by Gasteiger charge is 2.12. The van der Waals surface area contributed by atoms with E-state index in [4.69, 9.17) is 11.6 Å². The number of pyridine rings is 1. The molecule has 1 amide bonds. The maximum absolute atomic E-state index is 12.2. The third kappa shape index (κ3) is 2.88. The fourth-order valence-electron chi connectivity index (χ4n) is 2.12. The number of benzene rings is 1. The van der Waals surface area contributed by atoms with Gasteiger partial charge in [-0.2, -0.15) is 0 Å². The molecular formula is C15H12ClN3O2S. The minimum absolute atomic E-state index is 0.0742. The van der Waals surface area contributed by atoms with Gasteiger partial charge in [-0.15, -0.1) is 0 Å². The van der Waals surface area contributed by atoms with Crippen molar-refractivity contribution in [1.29, 1.82) is 0 Å². The summed E-state index contributed by atoms with van der Waals surface area (Å²) in [6.45, 7) is 1.78. The number of hydrogen-bond acceptors (Lipinski definition) is 4. The summed E-state index contributed by atoms with van der Waals surface area (Å²) in [5.74, 6) is 0.196. The van der Waals surface area contributed by atoms with Gasteiger partial charge < -0.3 is 5.32 Å². The second-order valence-electron chi connectivity index (χ2n) is 4.78. The molecule has 0 aliphatic rings. The summed E-state index contributed by atoms with van der Waals surface area (Å²) < 4.78 is 2.22. The molecule has 0 unspecified atom stereocenters. The topological polar surface area (TPSA) is 64.0 Å². The number of carbonyl (C=O) groups is 1. The first-order valence-corrected chi connectivity index (χ1v) is 7.74. The van der Waals surface area contributed by atoms with Crippen LogP contribution in [0.4, 0.5) is 5.82 Å². The van der Waals surface area contributed by atoms with E-state index >= 15 is 0 Å². The average Bonchev–Trinajstić information content (AvgIpc) is 2.77. The molecular weight excluding hydrogens is 322 g/mol. The van der Waals surface area contributed by atoms with Crippen LogP contribution in [0.5, 0.6) is 0 Å². The lowest BCUT2D eigenvalue weighted by molar-refractivity contribution is -0.116. The highest BCUT2D eigenvalue weighted by Crippen LogP contribution is 2.21. The van der Waals surface area contributed by atoms with Crippen LogP contribution in [0, 0.1) is 6.92 Å². The quantitative estimate of drug-likeness (QED) is 0.801. The van der Waals surface area contributed by atoms with Crippen LogP contribution >= 0.6 is 22.9 Å². The number of thiazole rings is 1. The van der Waals surface area contributed by atoms with Crippen molar-refractivity contribution in [3.8, 4) is 0 Å². The summed E-state index contributed by atoms with van der Waals surface area (Å²) in [6.07, 6.45) is 1.61. The Kier molecular flexibility index (Phi) is 3.96. The first-order chi connectivity index (χ1) is 10.5. The van der Waals surface area contributed by atoms with Crippen LogP contribution in [0.25, 0.3) is 10.2 Å². The first kappa shape index (κ1) is 14.7. The van der Waals surface area contributed by atoms with Crippen LogP contribution in [0.3, 0.4) is 0 Å². The van der Waals surface area contributed by atoms with E-state index in [0.29, 0.717) is 16.4 Å². The standard InChI is InChI=1S/C15H12ClN3O2S/c1-9-3-2-6-17-14(9)18-13(20)8-19-11-7-10(16)4-5-12(11)22-15(19)21/h2-7H,8H2,1H3,(H,17,18,20). The zero-order chi connectivity index (χ0) is 15.7. The van der Waals surface area contributed by atoms with E-state index in [0.717, 1.165) is 21.6 Å². The molecule has 2 aromatic heterocycles. The molecule has 5 nitrogen and oxygen atoms in total. The normalized spacial score (nSPS) is 10.8. The van der Waals surface area contributed by atoms with Gasteiger partial charge in [0.1, 0.15) is 12.4 Å². The molecule has 0 saturated heterocycles. The Balaban J connectivity index is 1.88. The molecule has 3 rings (SSSR count). The third-order valence-electron chi connectivity index (χ3n) is 3.20. The highest BCUT2D eigenvalue weighted by atomic mass is 35.5. The summed E-state index contributed by atoms with van der Waals surface area (Å²) in [5, 5.41) is 3.24. The van der Waals surface area contributed by atoms with Crippen LogP contribution < -0.4 is 10.2 Å². The maximum atomic E-state index is 12.2. The van der Waals surface area contributed by atoms with Crippen molar-refractivity contribution < 1.29 is 4.79 Å². The Morgan fingerprint density at radius 1 is 1.41 bits per heavy atom. The summed E-state index contributed by atoms with van der Waals surface area (Å²) >= 11 is 7.06. The molecule has 112 valence electrons. The van der Waals surface area contributed by atoms with Gasteiger partial charge in [0.25, 0.3) is 0 Å². The summed E-state index contributed by atoms with van der Waals surface area (Å²) in [4.78, 5) is 28.1. The van der Waals surface area contributed by atoms with Gasteiger partial charge in [0.05, 0.1) is 10.2 Å². The van der Waals surface area contributed by atoms with Gasteiger partial charge in [0.2, 0.25) is 5.91 Å². The van der Waals surface area contributed by atoms with Crippen molar-refractivity contribution in [2.75, 3.05) is 5.32 Å². The Hall–Kier alpha value is -2.18. The molecule has 0 atom stereocenters. The summed E-state index contributed by atoms with van der Waals surface area (Å²) in [5.41, 5.74) is 1.52. The first-order valence-electron chi connectivity index (χ1n) is 6.55. The smallest absolute Gasteiger partial charge is 0.308 e. The fraction of sp³-hybridized carbons (Fsp3) is 0.133. The van der Waals surface area contributed by atoms with Gasteiger partial charge in [-0.3, -0.25) is 14.2 Å². The van der Waals surface area contributed by atoms with Gasteiger partial charge >= 0.3 is 4.87 Å². The molecule has 7 heteroatoms. The summed E-state index contributed by atoms with van der Waals surface area (Å²) in [7, 11) is 0. The SMILES string of the molecule is Cc1cccnc1NC(=O)Cn1c(=O)sc2ccc(Cl)cc21. The van der Waals surface area contributed by atoms with Crippen molar-refractivity contribution in [3.05, 3.63) is 56.8 Å². The van der Waals surface area contributed by atoms with E-state index in [1.54, 1.807) is 30.5 Å². The number of anilines is 1. The minimum atomic E-state index is -0.302. The van der Waals surface area contributed by atoms with Crippen molar-refractivity contribution in [3.63, 3.8) is 0 Å². The van der Waals surface area contributed by atoms with Crippen LogP contribution in [0.15, 0.2) is 41.3 Å². The van der Waals surface area contributed by atoms with Crippen LogP contribution in [-0.4, -0.2) is 15.5 Å². The van der Waals surface area contributed by atoms with Gasteiger partial charge in [0.15, 0.2) is 0 Å². The van der Waals surface area contributed by atoms with Crippen molar-refractivity contribution in [2.24, 2.45) is 0 Å². The van der Waals surface area contributed by atoms with Gasteiger partial charge in [0, 0.05) is 11.2 Å². The number of aryl methyl sites for hydroxylation is 1. The van der Waals surface area contributed by atoms with E-state index in [1.807, 2.05) is 13.0 Å². The van der Waals surface area contributed by atoms with Gasteiger partial charge in [-0.1, -0.05) is 29.0 Å². The molecule has 1 N–H and O–H groups in total. The molecule has 0 saturated carbocycles. The number of hydrogen-bond donors (Lipinski definition) is 1. The van der Waals surface area contributed by atoms with E-state index in [2.05, 4.69) is 10.3 Å². The predicted molar refractivity (Wildman–Crippen MR) is 88.7 cm³/mol. The number of rotatable bonds is 3. The lowest BCUT2D eigenvalue weighted by Gasteiger charge is -2.07. The number of nitrogens with zero attached hydrogens (tertiary/aromatic N) is 2. The molecule has 0 radical (unpaired) electrons. The molecule has 0 aliphatic heterocycles. The lowest BCUT2D eigenvalue weighted by atomic mass is 10.3. The van der Waals surface area contributed by atoms with Crippen molar-refractivity contribution in [1.82, 2.24) is 9.55 Å². The minimum Gasteiger partial charge on any atom is -0.309 e. The molecule has 0 fully saturated rings. The lowest BCUT2D eigenvalue weighted by Crippen LogP contribution is -2.24. The predicted octanol–water partition coefficient (Wildman–Crippen LogP) is 3.06. The number of amides is 1. The second kappa shape index (κ2) is 5.90. The molecule has 2 heterocycles. The molecule has 3 aromatic rings. The molecule has 0 bridgehead atoms. The number of nitrogens with one attached hydrogen (secondary N) is 1. The van der Waals surface area contributed by atoms with Crippen LogP contribution in [0.2, 0.25) is 5.02 Å². The molecule has 22 heavy (non-hydrogen) atoms. The zero-order valence-electron chi connectivity index (χ0n) is 11.7. The molecule has 1 aromatic carbocycles. The monoisotopic (exact) mass is 333 g/mol. The third-order valence-corrected chi connectivity index (χ3v) is 4.39. The zero-order valence-corrected chi connectivity index (χ0v) is 13.2. The van der Waals surface area contributed by atoms with Crippen LogP contribution in [-0.2, 0) is 11.3 Å². The van der Waals surface area contributed by atoms with E-state index in [1.165, 1.54) is 4.57 Å². The maximum Gasteiger partial charge on any atom is 0.308 e. The summed E-state index contributed by atoms with van der Waals surface area (Å²) in [6, 6.07) is 8.84. The molecule has 0 aliphatic carbocycles. The van der Waals surface area contributed by atoms with Crippen molar-refractivity contribution in [2.45, 2.75) is 13.5 Å². The average molecular weight is 334 g/mol. The number of fused-ring (bicyclic) bond motifs is 1. The number of carbonyl (C=O) groups excluding carboxylic acids is 1. The fourth-order valence-corrected chi connectivity index (χ4v) is 3.15. The largest absolute Gasteiger partial charge is 0.309 e. The Morgan fingerprint density at radius 2 is 2.23 bits per heavy atom. The van der Waals surface area contributed by atoms with Crippen molar-refractivity contribution >= 4 is 44.9 Å². The van der Waals surface area contributed by atoms with E-state index in [9.17, 15) is 9.59 Å². The van der Waals surface area contributed by atoms with E-state index < -0.39 is 0 Å². The number of halogens is 1. The Bertz CT molecular complexity index is 917. The number of aromatic nitrogens is 2. The van der Waals surface area contributed by atoms with Gasteiger partial charge in [-0.25, -0.2) is 4.98 Å².